The maximum Gasteiger partial charge on any atom is 0.331 e. The van der Waals surface area contributed by atoms with E-state index in [0.717, 1.165) is 45.1 Å². The molecule has 1 atom stereocenters. The summed E-state index contributed by atoms with van der Waals surface area (Å²) in [6, 6.07) is -0.672. The van der Waals surface area contributed by atoms with Crippen molar-refractivity contribution in [3.05, 3.63) is 0 Å². The summed E-state index contributed by atoms with van der Waals surface area (Å²) >= 11 is 0. The molecule has 0 aromatic carbocycles. The van der Waals surface area contributed by atoms with Crippen molar-refractivity contribution in [1.82, 2.24) is 10.2 Å². The zero-order chi connectivity index (χ0) is 16.8. The van der Waals surface area contributed by atoms with Crippen LogP contribution in [0.25, 0.3) is 0 Å². The molecule has 1 aliphatic heterocycles. The van der Waals surface area contributed by atoms with E-state index in [2.05, 4.69) is 10.3 Å². The standard InChI is InChI=1S/C16H26N4O3/c1-19(2)10-9-17-11-13-14(21)18-16(23)20(15(13)22)12-7-5-3-4-6-8-12/h11-13H,3-10H2,1-2H3,(H,18,21,23)/p+1. The van der Waals surface area contributed by atoms with Crippen LogP contribution in [0.15, 0.2) is 4.99 Å². The second kappa shape index (κ2) is 8.19. The Hall–Kier alpha value is -1.76. The molecule has 0 aromatic heterocycles. The molecule has 2 aliphatic rings. The van der Waals surface area contributed by atoms with Gasteiger partial charge < -0.3 is 4.90 Å². The number of hydrogen-bond acceptors (Lipinski definition) is 4. The summed E-state index contributed by atoms with van der Waals surface area (Å²) in [5.41, 5.74) is 0. The minimum Gasteiger partial charge on any atom is -0.338 e. The van der Waals surface area contributed by atoms with Gasteiger partial charge in [-0.05, 0) is 12.8 Å². The summed E-state index contributed by atoms with van der Waals surface area (Å²) in [6.45, 7) is 1.38. The van der Waals surface area contributed by atoms with E-state index in [-0.39, 0.29) is 6.04 Å². The van der Waals surface area contributed by atoms with Crippen LogP contribution in [0.5, 0.6) is 0 Å². The molecule has 7 heteroatoms. The molecule has 23 heavy (non-hydrogen) atoms. The SMILES string of the molecule is C[NH+](C)CCN=CC1C(=O)NC(=O)N(C2CCCCCC2)C1=O. The Balaban J connectivity index is 2.06. The minimum absolute atomic E-state index is 0.0970. The Morgan fingerprint density at radius 3 is 2.43 bits per heavy atom. The molecule has 128 valence electrons. The van der Waals surface area contributed by atoms with E-state index in [1.807, 2.05) is 14.1 Å². The number of imide groups is 2. The third-order valence-electron chi connectivity index (χ3n) is 4.42. The van der Waals surface area contributed by atoms with Gasteiger partial charge in [-0.25, -0.2) is 4.79 Å². The zero-order valence-electron chi connectivity index (χ0n) is 14.0. The highest BCUT2D eigenvalue weighted by Crippen LogP contribution is 2.24. The Labute approximate surface area is 137 Å². The van der Waals surface area contributed by atoms with Gasteiger partial charge in [0.2, 0.25) is 11.8 Å². The molecule has 0 aromatic rings. The molecule has 2 rings (SSSR count). The van der Waals surface area contributed by atoms with E-state index >= 15 is 0 Å². The highest BCUT2D eigenvalue weighted by atomic mass is 16.2. The van der Waals surface area contributed by atoms with Crippen molar-refractivity contribution in [2.45, 2.75) is 44.6 Å². The van der Waals surface area contributed by atoms with E-state index in [4.69, 9.17) is 0 Å². The molecular weight excluding hydrogens is 296 g/mol. The number of likely N-dealkylation sites (N-methyl/N-ethyl adjacent to an activating group) is 1. The van der Waals surface area contributed by atoms with E-state index in [0.29, 0.717) is 6.54 Å². The lowest BCUT2D eigenvalue weighted by molar-refractivity contribution is -0.856. The molecule has 7 nitrogen and oxygen atoms in total. The van der Waals surface area contributed by atoms with E-state index < -0.39 is 23.8 Å². The van der Waals surface area contributed by atoms with Gasteiger partial charge in [0.05, 0.1) is 27.2 Å². The van der Waals surface area contributed by atoms with Crippen LogP contribution in [0.4, 0.5) is 4.79 Å². The molecule has 1 unspecified atom stereocenters. The molecule has 2 fully saturated rings. The first-order valence-electron chi connectivity index (χ1n) is 8.47. The number of barbiturate groups is 1. The summed E-state index contributed by atoms with van der Waals surface area (Å²) in [5, 5.41) is 2.31. The van der Waals surface area contributed by atoms with Crippen molar-refractivity contribution in [2.75, 3.05) is 27.2 Å². The molecule has 2 N–H and O–H groups in total. The first-order valence-corrected chi connectivity index (χ1v) is 8.47. The van der Waals surface area contributed by atoms with Crippen LogP contribution in [-0.4, -0.2) is 62.2 Å². The normalized spacial score (nSPS) is 24.4. The summed E-state index contributed by atoms with van der Waals surface area (Å²) in [6.07, 6.45) is 7.34. The smallest absolute Gasteiger partial charge is 0.331 e. The Morgan fingerprint density at radius 2 is 1.83 bits per heavy atom. The van der Waals surface area contributed by atoms with Crippen LogP contribution in [0.3, 0.4) is 0 Å². The Kier molecular flexibility index (Phi) is 6.27. The predicted molar refractivity (Wildman–Crippen MR) is 86.4 cm³/mol. The number of quaternary nitrogens is 1. The van der Waals surface area contributed by atoms with Crippen LogP contribution in [0.1, 0.15) is 38.5 Å². The van der Waals surface area contributed by atoms with Gasteiger partial charge in [0.1, 0.15) is 0 Å². The van der Waals surface area contributed by atoms with Gasteiger partial charge in [-0.15, -0.1) is 0 Å². The van der Waals surface area contributed by atoms with Crippen molar-refractivity contribution < 1.29 is 19.3 Å². The summed E-state index contributed by atoms with van der Waals surface area (Å²) < 4.78 is 0. The number of hydrogen-bond donors (Lipinski definition) is 2. The third-order valence-corrected chi connectivity index (χ3v) is 4.42. The number of nitrogens with zero attached hydrogens (tertiary/aromatic N) is 2. The van der Waals surface area contributed by atoms with Gasteiger partial charge in [-0.2, -0.15) is 0 Å². The number of aliphatic imine (C=N–C) groups is 1. The van der Waals surface area contributed by atoms with Crippen LogP contribution in [0.2, 0.25) is 0 Å². The number of carbonyl (C=O) groups excluding carboxylic acids is 3. The Morgan fingerprint density at radius 1 is 1.17 bits per heavy atom. The van der Waals surface area contributed by atoms with Gasteiger partial charge in [-0.1, -0.05) is 25.7 Å². The number of urea groups is 1. The lowest BCUT2D eigenvalue weighted by atomic mass is 10.0. The second-order valence-electron chi connectivity index (χ2n) is 6.64. The largest absolute Gasteiger partial charge is 0.338 e. The minimum atomic E-state index is -0.979. The molecule has 1 aliphatic carbocycles. The van der Waals surface area contributed by atoms with Crippen molar-refractivity contribution in [3.8, 4) is 0 Å². The molecular formula is C16H27N4O3+. The highest BCUT2D eigenvalue weighted by Gasteiger charge is 2.42. The molecule has 0 bridgehead atoms. The molecule has 0 radical (unpaired) electrons. The molecule has 1 saturated carbocycles. The number of amides is 4. The fourth-order valence-corrected chi connectivity index (χ4v) is 3.07. The highest BCUT2D eigenvalue weighted by molar-refractivity contribution is 6.23. The third kappa shape index (κ3) is 4.60. The van der Waals surface area contributed by atoms with Gasteiger partial charge in [0.15, 0.2) is 5.92 Å². The van der Waals surface area contributed by atoms with Crippen molar-refractivity contribution >= 4 is 24.1 Å². The van der Waals surface area contributed by atoms with Crippen molar-refractivity contribution in [1.29, 1.82) is 0 Å². The van der Waals surface area contributed by atoms with Crippen LogP contribution in [0, 0.1) is 5.92 Å². The topological polar surface area (TPSA) is 83.3 Å². The van der Waals surface area contributed by atoms with Gasteiger partial charge in [0.25, 0.3) is 0 Å². The van der Waals surface area contributed by atoms with Gasteiger partial charge >= 0.3 is 6.03 Å². The first kappa shape index (κ1) is 17.6. The van der Waals surface area contributed by atoms with E-state index in [9.17, 15) is 14.4 Å². The number of carbonyl (C=O) groups is 3. The van der Waals surface area contributed by atoms with E-state index in [1.165, 1.54) is 16.0 Å². The van der Waals surface area contributed by atoms with E-state index in [1.54, 1.807) is 0 Å². The quantitative estimate of drug-likeness (QED) is 0.411. The summed E-state index contributed by atoms with van der Waals surface area (Å²) in [4.78, 5) is 43.4. The number of rotatable bonds is 5. The summed E-state index contributed by atoms with van der Waals surface area (Å²) in [7, 11) is 4.03. The van der Waals surface area contributed by atoms with Crippen molar-refractivity contribution in [3.63, 3.8) is 0 Å². The molecule has 1 heterocycles. The maximum atomic E-state index is 12.6. The average molecular weight is 323 g/mol. The summed E-state index contributed by atoms with van der Waals surface area (Å²) in [5.74, 6) is -1.97. The maximum absolute atomic E-state index is 12.6. The van der Waals surface area contributed by atoms with Crippen molar-refractivity contribution in [2.24, 2.45) is 10.9 Å². The van der Waals surface area contributed by atoms with Gasteiger partial charge in [-0.3, -0.25) is 24.8 Å². The first-order chi connectivity index (χ1) is 11.0. The molecule has 1 saturated heterocycles. The van der Waals surface area contributed by atoms with Crippen LogP contribution >= 0.6 is 0 Å². The lowest BCUT2D eigenvalue weighted by Gasteiger charge is -2.34. The zero-order valence-corrected chi connectivity index (χ0v) is 14.0. The molecule has 4 amide bonds. The van der Waals surface area contributed by atoms with Crippen LogP contribution < -0.4 is 10.2 Å². The lowest BCUT2D eigenvalue weighted by Crippen LogP contribution is -3.06. The average Bonchev–Trinajstić information content (AvgIpc) is 2.75. The second-order valence-corrected chi connectivity index (χ2v) is 6.64. The number of nitrogens with one attached hydrogen (secondary N) is 2. The Bertz CT molecular complexity index is 482. The fourth-order valence-electron chi connectivity index (χ4n) is 3.07. The molecule has 0 spiro atoms. The van der Waals surface area contributed by atoms with Crippen LogP contribution in [-0.2, 0) is 9.59 Å². The fraction of sp³-hybridized carbons (Fsp3) is 0.750. The predicted octanol–water partition coefficient (Wildman–Crippen LogP) is -0.381. The monoisotopic (exact) mass is 323 g/mol. The van der Waals surface area contributed by atoms with Gasteiger partial charge in [0, 0.05) is 12.3 Å².